The van der Waals surface area contributed by atoms with E-state index in [9.17, 15) is 13.2 Å². The topological polar surface area (TPSA) is 84.5 Å². The second-order valence-electron chi connectivity index (χ2n) is 4.97. The predicted molar refractivity (Wildman–Crippen MR) is 96.2 cm³/mol. The molecule has 0 fully saturated rings. The summed E-state index contributed by atoms with van der Waals surface area (Å²) in [4.78, 5) is 14.0. The summed E-state index contributed by atoms with van der Waals surface area (Å²) < 4.78 is 29.6. The van der Waals surface area contributed by atoms with Crippen LogP contribution in [0.2, 0.25) is 10.0 Å². The number of sulfonamides is 1. The van der Waals surface area contributed by atoms with Crippen LogP contribution in [0.15, 0.2) is 47.4 Å². The summed E-state index contributed by atoms with van der Waals surface area (Å²) in [6.07, 6.45) is -0.0954. The summed E-state index contributed by atoms with van der Waals surface area (Å²) >= 11 is 11.8. The Morgan fingerprint density at radius 1 is 1.12 bits per heavy atom. The fraction of sp³-hybridized carbons (Fsp3) is 0.188. The molecule has 2 aromatic rings. The number of hydrazine groups is 1. The Balaban J connectivity index is 1.97. The molecule has 0 saturated carbocycles. The van der Waals surface area contributed by atoms with Crippen molar-refractivity contribution in [1.82, 2.24) is 10.3 Å². The average Bonchev–Trinajstić information content (AvgIpc) is 2.57. The largest absolute Gasteiger partial charge is 0.494 e. The molecule has 0 aromatic heterocycles. The molecule has 0 unspecified atom stereocenters. The minimum Gasteiger partial charge on any atom is -0.494 e. The molecule has 134 valence electrons. The van der Waals surface area contributed by atoms with Crippen LogP contribution in [-0.2, 0) is 21.2 Å². The van der Waals surface area contributed by atoms with E-state index in [1.165, 1.54) is 30.3 Å². The number of hydrogen-bond acceptors (Lipinski definition) is 4. The van der Waals surface area contributed by atoms with Crippen molar-refractivity contribution in [3.05, 3.63) is 58.1 Å². The number of benzene rings is 2. The second-order valence-corrected chi connectivity index (χ2v) is 7.50. The van der Waals surface area contributed by atoms with Crippen molar-refractivity contribution < 1.29 is 17.9 Å². The summed E-state index contributed by atoms with van der Waals surface area (Å²) in [5.41, 5.74) is 2.68. The minimum absolute atomic E-state index is 0.000721. The van der Waals surface area contributed by atoms with Gasteiger partial charge in [-0.3, -0.25) is 10.2 Å². The van der Waals surface area contributed by atoms with Gasteiger partial charge >= 0.3 is 0 Å². The Kier molecular flexibility index (Phi) is 6.66. The van der Waals surface area contributed by atoms with Crippen LogP contribution < -0.4 is 15.0 Å². The van der Waals surface area contributed by atoms with Crippen molar-refractivity contribution in [2.75, 3.05) is 6.61 Å². The van der Waals surface area contributed by atoms with Gasteiger partial charge in [0.05, 0.1) is 17.9 Å². The van der Waals surface area contributed by atoms with Gasteiger partial charge in [0.15, 0.2) is 0 Å². The standard InChI is InChI=1S/C16H16Cl2N2O4S/c1-2-24-13-5-7-14(8-6-13)25(22,23)20-19-16(21)9-11-3-4-12(17)10-15(11)18/h3-8,10,20H,2,9H2,1H3,(H,19,21). The molecular weight excluding hydrogens is 387 g/mol. The number of halogens is 2. The highest BCUT2D eigenvalue weighted by atomic mass is 35.5. The number of carbonyl (C=O) groups excluding carboxylic acids is 1. The number of ether oxygens (including phenoxy) is 1. The van der Waals surface area contributed by atoms with Crippen molar-refractivity contribution in [1.29, 1.82) is 0 Å². The van der Waals surface area contributed by atoms with Crippen LogP contribution in [0.4, 0.5) is 0 Å². The van der Waals surface area contributed by atoms with Crippen molar-refractivity contribution in [3.63, 3.8) is 0 Å². The van der Waals surface area contributed by atoms with Crippen LogP contribution in [-0.4, -0.2) is 20.9 Å². The summed E-state index contributed by atoms with van der Waals surface area (Å²) in [5.74, 6) is 0.00148. The van der Waals surface area contributed by atoms with Crippen molar-refractivity contribution in [2.24, 2.45) is 0 Å². The molecule has 0 aliphatic carbocycles. The van der Waals surface area contributed by atoms with E-state index < -0.39 is 15.9 Å². The Morgan fingerprint density at radius 2 is 1.80 bits per heavy atom. The molecule has 6 nitrogen and oxygen atoms in total. The zero-order chi connectivity index (χ0) is 18.4. The molecule has 0 atom stereocenters. The molecule has 2 rings (SSSR count). The first-order valence-electron chi connectivity index (χ1n) is 7.29. The van der Waals surface area contributed by atoms with Crippen LogP contribution in [0.5, 0.6) is 5.75 Å². The lowest BCUT2D eigenvalue weighted by molar-refractivity contribution is -0.120. The molecular formula is C16H16Cl2N2O4S. The van der Waals surface area contributed by atoms with Gasteiger partial charge in [-0.25, -0.2) is 8.42 Å². The average molecular weight is 403 g/mol. The number of carbonyl (C=O) groups is 1. The molecule has 0 radical (unpaired) electrons. The maximum absolute atomic E-state index is 12.2. The Hall–Kier alpha value is -1.80. The Labute approximate surface area is 156 Å². The first kappa shape index (κ1) is 19.5. The fourth-order valence-electron chi connectivity index (χ4n) is 1.95. The molecule has 0 aliphatic heterocycles. The second kappa shape index (κ2) is 8.53. The van der Waals surface area contributed by atoms with Crippen molar-refractivity contribution in [3.8, 4) is 5.75 Å². The van der Waals surface area contributed by atoms with Crippen LogP contribution in [0.25, 0.3) is 0 Å². The number of nitrogens with one attached hydrogen (secondary N) is 2. The lowest BCUT2D eigenvalue weighted by Crippen LogP contribution is -2.42. The summed E-state index contributed by atoms with van der Waals surface area (Å²) in [5, 5.41) is 0.780. The summed E-state index contributed by atoms with van der Waals surface area (Å²) in [7, 11) is -3.89. The number of hydrogen-bond donors (Lipinski definition) is 2. The van der Waals surface area contributed by atoms with Gasteiger partial charge in [0.2, 0.25) is 5.91 Å². The fourth-order valence-corrected chi connectivity index (χ4v) is 3.28. The van der Waals surface area contributed by atoms with Gasteiger partial charge in [0, 0.05) is 10.0 Å². The highest BCUT2D eigenvalue weighted by molar-refractivity contribution is 7.89. The lowest BCUT2D eigenvalue weighted by Gasteiger charge is -2.10. The number of amides is 1. The van der Waals surface area contributed by atoms with Crippen LogP contribution in [0.3, 0.4) is 0 Å². The number of rotatable bonds is 7. The molecule has 1 amide bonds. The van der Waals surface area contributed by atoms with E-state index in [1.807, 2.05) is 11.8 Å². The predicted octanol–water partition coefficient (Wildman–Crippen LogP) is 2.94. The third-order valence-corrected chi connectivity index (χ3v) is 4.99. The molecule has 0 saturated heterocycles. The van der Waals surface area contributed by atoms with E-state index in [4.69, 9.17) is 27.9 Å². The monoisotopic (exact) mass is 402 g/mol. The first-order valence-corrected chi connectivity index (χ1v) is 9.53. The van der Waals surface area contributed by atoms with E-state index in [-0.39, 0.29) is 11.3 Å². The molecule has 25 heavy (non-hydrogen) atoms. The Morgan fingerprint density at radius 3 is 2.40 bits per heavy atom. The third kappa shape index (κ3) is 5.61. The van der Waals surface area contributed by atoms with Crippen LogP contribution in [0, 0.1) is 0 Å². The van der Waals surface area contributed by atoms with Gasteiger partial charge in [-0.05, 0) is 48.9 Å². The Bertz CT molecular complexity index is 855. The molecule has 9 heteroatoms. The molecule has 2 aromatic carbocycles. The highest BCUT2D eigenvalue weighted by Gasteiger charge is 2.16. The van der Waals surface area contributed by atoms with Gasteiger partial charge in [0.25, 0.3) is 10.0 Å². The van der Waals surface area contributed by atoms with Gasteiger partial charge in [0.1, 0.15) is 5.75 Å². The molecule has 0 spiro atoms. The maximum Gasteiger partial charge on any atom is 0.257 e. The van der Waals surface area contributed by atoms with E-state index in [0.717, 1.165) is 0 Å². The van der Waals surface area contributed by atoms with Crippen LogP contribution in [0.1, 0.15) is 12.5 Å². The molecule has 2 N–H and O–H groups in total. The van der Waals surface area contributed by atoms with Crippen molar-refractivity contribution >= 4 is 39.1 Å². The van der Waals surface area contributed by atoms with Crippen LogP contribution >= 0.6 is 23.2 Å². The SMILES string of the molecule is CCOc1ccc(S(=O)(=O)NNC(=O)Cc2ccc(Cl)cc2Cl)cc1. The van der Waals surface area contributed by atoms with Gasteiger partial charge in [-0.2, -0.15) is 0 Å². The smallest absolute Gasteiger partial charge is 0.257 e. The molecule has 0 bridgehead atoms. The lowest BCUT2D eigenvalue weighted by atomic mass is 10.1. The maximum atomic E-state index is 12.2. The van der Waals surface area contributed by atoms with Crippen molar-refractivity contribution in [2.45, 2.75) is 18.2 Å². The van der Waals surface area contributed by atoms with E-state index in [1.54, 1.807) is 12.1 Å². The van der Waals surface area contributed by atoms with Gasteiger partial charge in [-0.1, -0.05) is 29.3 Å². The van der Waals surface area contributed by atoms with Gasteiger partial charge in [-0.15, -0.1) is 4.83 Å². The quantitative estimate of drug-likeness (QED) is 0.697. The molecule has 0 heterocycles. The normalized spacial score (nSPS) is 11.2. The summed E-state index contributed by atoms with van der Waals surface area (Å²) in [6, 6.07) is 10.5. The first-order chi connectivity index (χ1) is 11.8. The molecule has 0 aliphatic rings. The highest BCUT2D eigenvalue weighted by Crippen LogP contribution is 2.21. The van der Waals surface area contributed by atoms with Gasteiger partial charge < -0.3 is 4.74 Å². The zero-order valence-electron chi connectivity index (χ0n) is 13.3. The van der Waals surface area contributed by atoms with E-state index in [2.05, 4.69) is 5.43 Å². The zero-order valence-corrected chi connectivity index (χ0v) is 15.6. The van der Waals surface area contributed by atoms with E-state index in [0.29, 0.717) is 28.0 Å². The summed E-state index contributed by atoms with van der Waals surface area (Å²) in [6.45, 7) is 2.31. The third-order valence-electron chi connectivity index (χ3n) is 3.14. The van der Waals surface area contributed by atoms with E-state index >= 15 is 0 Å². The minimum atomic E-state index is -3.89.